The van der Waals surface area contributed by atoms with Crippen molar-refractivity contribution in [2.24, 2.45) is 0 Å². The van der Waals surface area contributed by atoms with Gasteiger partial charge in [0.25, 0.3) is 15.7 Å². The molecule has 0 bridgehead atoms. The van der Waals surface area contributed by atoms with E-state index in [1.54, 1.807) is 6.92 Å². The monoisotopic (exact) mass is 462 g/mol. The molecule has 0 radical (unpaired) electrons. The summed E-state index contributed by atoms with van der Waals surface area (Å²) in [4.78, 5) is 11.8. The number of hydrogen-bond acceptors (Lipinski definition) is 7. The van der Waals surface area contributed by atoms with Crippen LogP contribution in [0.4, 0.5) is 24.5 Å². The topological polar surface area (TPSA) is 103 Å². The van der Waals surface area contributed by atoms with Gasteiger partial charge in [-0.1, -0.05) is 0 Å². The molecule has 31 heavy (non-hydrogen) atoms. The molecule has 0 aliphatic rings. The number of rotatable bonds is 8. The van der Waals surface area contributed by atoms with Gasteiger partial charge in [-0.25, -0.2) is 8.42 Å². The number of methoxy groups -OCH3 is 3. The highest BCUT2D eigenvalue weighted by Crippen LogP contribution is 2.39. The fourth-order valence-electron chi connectivity index (χ4n) is 2.68. The Morgan fingerprint density at radius 3 is 2.00 bits per heavy atom. The minimum Gasteiger partial charge on any atom is -0.493 e. The Morgan fingerprint density at radius 2 is 1.55 bits per heavy atom. The Morgan fingerprint density at radius 1 is 0.968 bits per heavy atom. The average molecular weight is 462 g/mol. The van der Waals surface area contributed by atoms with Crippen LogP contribution in [0.1, 0.15) is 17.3 Å². The van der Waals surface area contributed by atoms with Crippen molar-refractivity contribution in [2.75, 3.05) is 38.5 Å². The Bertz CT molecular complexity index is 1050. The molecule has 0 aromatic heterocycles. The average Bonchev–Trinajstić information content (AvgIpc) is 2.72. The molecule has 1 amide bonds. The number of amides is 1. The first-order valence-electron chi connectivity index (χ1n) is 8.80. The lowest BCUT2D eigenvalue weighted by atomic mass is 10.1. The fraction of sp³-hybridized carbons (Fsp3) is 0.316. The quantitative estimate of drug-likeness (QED) is 0.617. The summed E-state index contributed by atoms with van der Waals surface area (Å²) >= 11 is 0. The molecule has 2 aromatic carbocycles. The van der Waals surface area contributed by atoms with E-state index >= 15 is 0 Å². The molecule has 0 heterocycles. The van der Waals surface area contributed by atoms with E-state index in [0.717, 1.165) is 18.2 Å². The van der Waals surface area contributed by atoms with E-state index in [0.29, 0.717) is 6.54 Å². The van der Waals surface area contributed by atoms with Crippen molar-refractivity contribution in [1.82, 2.24) is 0 Å². The van der Waals surface area contributed by atoms with Crippen LogP contribution >= 0.6 is 0 Å². The smallest absolute Gasteiger partial charge is 0.493 e. The molecule has 0 unspecified atom stereocenters. The number of hydrogen-bond donors (Lipinski definition) is 2. The van der Waals surface area contributed by atoms with Gasteiger partial charge in [0.15, 0.2) is 11.5 Å². The van der Waals surface area contributed by atoms with Crippen LogP contribution in [0.5, 0.6) is 17.2 Å². The second kappa shape index (κ2) is 9.33. The molecular weight excluding hydrogens is 441 g/mol. The second-order valence-electron chi connectivity index (χ2n) is 6.06. The van der Waals surface area contributed by atoms with Crippen molar-refractivity contribution in [2.45, 2.75) is 17.3 Å². The Labute approximate surface area is 177 Å². The summed E-state index contributed by atoms with van der Waals surface area (Å²) in [5.74, 6) is -0.118. The van der Waals surface area contributed by atoms with Crippen LogP contribution in [0.15, 0.2) is 35.2 Å². The van der Waals surface area contributed by atoms with Crippen LogP contribution in [0.2, 0.25) is 0 Å². The molecular formula is C19H21F3N2O6S. The van der Waals surface area contributed by atoms with Crippen molar-refractivity contribution in [3.05, 3.63) is 35.9 Å². The van der Waals surface area contributed by atoms with E-state index in [1.807, 2.05) is 0 Å². The van der Waals surface area contributed by atoms with E-state index in [1.165, 1.54) is 33.5 Å². The largest absolute Gasteiger partial charge is 0.501 e. The minimum absolute atomic E-state index is 0.0426. The van der Waals surface area contributed by atoms with E-state index in [-0.39, 0.29) is 34.2 Å². The zero-order valence-electron chi connectivity index (χ0n) is 17.1. The van der Waals surface area contributed by atoms with Crippen molar-refractivity contribution >= 4 is 27.1 Å². The third kappa shape index (κ3) is 4.95. The lowest BCUT2D eigenvalue weighted by Crippen LogP contribution is -2.23. The number of ether oxygens (including phenoxy) is 3. The lowest BCUT2D eigenvalue weighted by molar-refractivity contribution is -0.0436. The van der Waals surface area contributed by atoms with Gasteiger partial charge in [0, 0.05) is 12.1 Å². The molecule has 0 aliphatic carbocycles. The number of alkyl halides is 3. The zero-order chi connectivity index (χ0) is 23.4. The lowest BCUT2D eigenvalue weighted by Gasteiger charge is -2.16. The SMILES string of the molecule is CCNc1ccc(S(=O)(=O)C(F)(F)F)cc1NC(=O)c1cc(OC)c(OC)c(OC)c1. The molecule has 0 fully saturated rings. The van der Waals surface area contributed by atoms with Crippen molar-refractivity contribution in [3.8, 4) is 17.2 Å². The standard InChI is InChI=1S/C19H21F3N2O6S/c1-5-23-13-7-6-12(31(26,27)19(20,21)22)10-14(13)24-18(25)11-8-15(28-2)17(30-4)16(9-11)29-3/h6-10,23H,5H2,1-4H3,(H,24,25). The van der Waals surface area contributed by atoms with Crippen molar-refractivity contribution in [1.29, 1.82) is 0 Å². The predicted molar refractivity (Wildman–Crippen MR) is 108 cm³/mol. The van der Waals surface area contributed by atoms with Gasteiger partial charge < -0.3 is 24.8 Å². The molecule has 8 nitrogen and oxygen atoms in total. The number of carbonyl (C=O) groups is 1. The Hall–Kier alpha value is -3.15. The van der Waals surface area contributed by atoms with Crippen LogP contribution in [-0.4, -0.2) is 47.7 Å². The van der Waals surface area contributed by atoms with Crippen LogP contribution in [0.3, 0.4) is 0 Å². The molecule has 2 rings (SSSR count). The van der Waals surface area contributed by atoms with Gasteiger partial charge in [-0.05, 0) is 37.3 Å². The molecule has 0 spiro atoms. The van der Waals surface area contributed by atoms with Crippen LogP contribution < -0.4 is 24.8 Å². The number of nitrogens with one attached hydrogen (secondary N) is 2. The minimum atomic E-state index is -5.60. The zero-order valence-corrected chi connectivity index (χ0v) is 17.9. The summed E-state index contributed by atoms with van der Waals surface area (Å²) in [6.07, 6.45) is 0. The number of halogens is 3. The van der Waals surface area contributed by atoms with Gasteiger partial charge in [0.2, 0.25) is 5.75 Å². The van der Waals surface area contributed by atoms with Crippen LogP contribution in [0.25, 0.3) is 0 Å². The first-order valence-corrected chi connectivity index (χ1v) is 10.3. The first kappa shape index (κ1) is 24.1. The first-order chi connectivity index (χ1) is 14.5. The van der Waals surface area contributed by atoms with Gasteiger partial charge in [-0.2, -0.15) is 13.2 Å². The van der Waals surface area contributed by atoms with E-state index in [2.05, 4.69) is 10.6 Å². The third-order valence-electron chi connectivity index (χ3n) is 4.15. The van der Waals surface area contributed by atoms with E-state index in [9.17, 15) is 26.4 Å². The second-order valence-corrected chi connectivity index (χ2v) is 8.00. The third-order valence-corrected chi connectivity index (χ3v) is 5.63. The molecule has 2 N–H and O–H groups in total. The highest BCUT2D eigenvalue weighted by Gasteiger charge is 2.47. The maximum absolute atomic E-state index is 12.9. The maximum atomic E-state index is 12.9. The summed E-state index contributed by atoms with van der Waals surface area (Å²) < 4.78 is 77.9. The molecule has 0 saturated heterocycles. The molecule has 12 heteroatoms. The molecule has 0 saturated carbocycles. The number of benzene rings is 2. The van der Waals surface area contributed by atoms with Crippen molar-refractivity contribution in [3.63, 3.8) is 0 Å². The van der Waals surface area contributed by atoms with Crippen molar-refractivity contribution < 1.29 is 40.6 Å². The van der Waals surface area contributed by atoms with Gasteiger partial charge in [-0.15, -0.1) is 0 Å². The predicted octanol–water partition coefficient (Wildman–Crippen LogP) is 3.69. The molecule has 0 atom stereocenters. The number of carbonyl (C=O) groups excluding carboxylic acids is 1. The summed E-state index contributed by atoms with van der Waals surface area (Å²) in [6, 6.07) is 5.40. The summed E-state index contributed by atoms with van der Waals surface area (Å²) in [7, 11) is -1.50. The maximum Gasteiger partial charge on any atom is 0.501 e. The van der Waals surface area contributed by atoms with Gasteiger partial charge >= 0.3 is 5.51 Å². The number of anilines is 2. The Balaban J connectivity index is 2.52. The highest BCUT2D eigenvalue weighted by atomic mass is 32.2. The molecule has 0 aliphatic heterocycles. The van der Waals surface area contributed by atoms with Crippen LogP contribution in [-0.2, 0) is 9.84 Å². The molecule has 170 valence electrons. The summed E-state index contributed by atoms with van der Waals surface area (Å²) in [5.41, 5.74) is -5.35. The molecule has 2 aromatic rings. The van der Waals surface area contributed by atoms with Crippen LogP contribution in [0, 0.1) is 0 Å². The fourth-order valence-corrected chi connectivity index (χ4v) is 3.47. The highest BCUT2D eigenvalue weighted by molar-refractivity contribution is 7.92. The number of sulfone groups is 1. The van der Waals surface area contributed by atoms with E-state index in [4.69, 9.17) is 14.2 Å². The normalized spacial score (nSPS) is 11.6. The van der Waals surface area contributed by atoms with Gasteiger partial charge in [0.05, 0.1) is 37.6 Å². The Kier molecular flexibility index (Phi) is 7.26. The van der Waals surface area contributed by atoms with E-state index < -0.39 is 26.1 Å². The summed E-state index contributed by atoms with van der Waals surface area (Å²) in [5, 5.41) is 5.28. The van der Waals surface area contributed by atoms with Gasteiger partial charge in [-0.3, -0.25) is 4.79 Å². The van der Waals surface area contributed by atoms with Gasteiger partial charge in [0.1, 0.15) is 0 Å². The summed E-state index contributed by atoms with van der Waals surface area (Å²) in [6.45, 7) is 2.10.